The van der Waals surface area contributed by atoms with E-state index in [2.05, 4.69) is 17.4 Å². The fourth-order valence-electron chi connectivity index (χ4n) is 2.88. The van der Waals surface area contributed by atoms with Crippen LogP contribution in [0, 0.1) is 0 Å². The van der Waals surface area contributed by atoms with Gasteiger partial charge in [0.25, 0.3) is 5.91 Å². The number of nitrogens with one attached hydrogen (secondary N) is 1. The fourth-order valence-corrected chi connectivity index (χ4v) is 2.88. The molecule has 0 spiro atoms. The Morgan fingerprint density at radius 3 is 2.61 bits per heavy atom. The minimum atomic E-state index is -0.102. The van der Waals surface area contributed by atoms with Gasteiger partial charge in [-0.15, -0.1) is 0 Å². The lowest BCUT2D eigenvalue weighted by molar-refractivity contribution is 0.0661. The summed E-state index contributed by atoms with van der Waals surface area (Å²) in [6, 6.07) is 11.8. The predicted molar refractivity (Wildman–Crippen MR) is 91.7 cm³/mol. The van der Waals surface area contributed by atoms with Crippen LogP contribution in [-0.2, 0) is 0 Å². The minimum Gasteiger partial charge on any atom is -0.493 e. The monoisotopic (exact) mass is 313 g/mol. The van der Waals surface area contributed by atoms with E-state index in [-0.39, 0.29) is 5.91 Å². The molecule has 2 aromatic rings. The first-order valence-corrected chi connectivity index (χ1v) is 8.08. The van der Waals surface area contributed by atoms with Gasteiger partial charge < -0.3 is 9.64 Å². The third kappa shape index (κ3) is 3.46. The quantitative estimate of drug-likeness (QED) is 0.939. The first kappa shape index (κ1) is 15.8. The Morgan fingerprint density at radius 2 is 1.87 bits per heavy atom. The van der Waals surface area contributed by atoms with Gasteiger partial charge >= 0.3 is 0 Å². The first-order valence-electron chi connectivity index (χ1n) is 8.08. The highest BCUT2D eigenvalue weighted by atomic mass is 16.5. The van der Waals surface area contributed by atoms with Crippen molar-refractivity contribution in [3.05, 3.63) is 42.0 Å². The predicted octanol–water partition coefficient (Wildman–Crippen LogP) is 2.13. The molecule has 1 aliphatic heterocycles. The Balaban J connectivity index is 1.90. The van der Waals surface area contributed by atoms with Crippen molar-refractivity contribution in [3.8, 4) is 5.75 Å². The number of carbonyl (C=O) groups excluding carboxylic acids is 1. The molecule has 1 aliphatic rings. The Morgan fingerprint density at radius 1 is 1.13 bits per heavy atom. The maximum absolute atomic E-state index is 12.9. The number of piperazine rings is 1. The summed E-state index contributed by atoms with van der Waals surface area (Å²) < 4.78 is 5.68. The van der Waals surface area contributed by atoms with Crippen molar-refractivity contribution in [2.24, 2.45) is 0 Å². The van der Waals surface area contributed by atoms with Gasteiger partial charge in [0.2, 0.25) is 0 Å². The SMILES string of the molecule is CCOc1ccc2ccccc2c1C(=O)NN1CCN(C)CC1. The first-order chi connectivity index (χ1) is 11.2. The van der Waals surface area contributed by atoms with Crippen molar-refractivity contribution in [3.63, 3.8) is 0 Å². The molecule has 0 aliphatic carbocycles. The largest absolute Gasteiger partial charge is 0.493 e. The third-order valence-electron chi connectivity index (χ3n) is 4.18. The lowest BCUT2D eigenvalue weighted by Crippen LogP contribution is -2.52. The standard InChI is InChI=1S/C18H23N3O2/c1-3-23-16-9-8-14-6-4-5-7-15(14)17(16)18(22)19-21-12-10-20(2)11-13-21/h4-9H,3,10-13H2,1-2H3,(H,19,22). The summed E-state index contributed by atoms with van der Waals surface area (Å²) in [7, 11) is 2.09. The number of rotatable bonds is 4. The number of hydrogen-bond acceptors (Lipinski definition) is 4. The molecule has 0 atom stereocenters. The molecule has 1 fully saturated rings. The van der Waals surface area contributed by atoms with Crippen LogP contribution in [0.4, 0.5) is 0 Å². The number of fused-ring (bicyclic) bond motifs is 1. The van der Waals surface area contributed by atoms with Gasteiger partial charge in [-0.05, 0) is 30.8 Å². The molecule has 1 heterocycles. The van der Waals surface area contributed by atoms with Crippen LogP contribution in [0.3, 0.4) is 0 Å². The Labute approximate surface area is 136 Å². The molecule has 0 radical (unpaired) electrons. The molecule has 1 saturated heterocycles. The van der Waals surface area contributed by atoms with Crippen LogP contribution >= 0.6 is 0 Å². The zero-order valence-electron chi connectivity index (χ0n) is 13.7. The van der Waals surface area contributed by atoms with E-state index in [9.17, 15) is 4.79 Å². The Hall–Kier alpha value is -2.11. The number of ether oxygens (including phenoxy) is 1. The summed E-state index contributed by atoms with van der Waals surface area (Å²) in [5.74, 6) is 0.535. The van der Waals surface area contributed by atoms with Crippen molar-refractivity contribution in [2.75, 3.05) is 39.8 Å². The highest BCUT2D eigenvalue weighted by Gasteiger charge is 2.21. The molecule has 3 rings (SSSR count). The van der Waals surface area contributed by atoms with E-state index in [1.54, 1.807) is 0 Å². The maximum atomic E-state index is 12.9. The number of nitrogens with zero attached hydrogens (tertiary/aromatic N) is 2. The molecule has 0 bridgehead atoms. The van der Waals surface area contributed by atoms with E-state index in [4.69, 9.17) is 4.74 Å². The van der Waals surface area contributed by atoms with Crippen LogP contribution in [0.15, 0.2) is 36.4 Å². The number of benzene rings is 2. The molecule has 122 valence electrons. The van der Waals surface area contributed by atoms with E-state index in [0.29, 0.717) is 17.9 Å². The second kappa shape index (κ2) is 6.98. The van der Waals surface area contributed by atoms with Crippen LogP contribution in [0.1, 0.15) is 17.3 Å². The maximum Gasteiger partial charge on any atom is 0.269 e. The molecule has 23 heavy (non-hydrogen) atoms. The Kier molecular flexibility index (Phi) is 4.79. The van der Waals surface area contributed by atoms with Crippen molar-refractivity contribution in [1.29, 1.82) is 0 Å². The second-order valence-electron chi connectivity index (χ2n) is 5.82. The molecule has 5 nitrogen and oxygen atoms in total. The van der Waals surface area contributed by atoms with Gasteiger partial charge in [-0.2, -0.15) is 0 Å². The fraction of sp³-hybridized carbons (Fsp3) is 0.389. The number of hydrogen-bond donors (Lipinski definition) is 1. The summed E-state index contributed by atoms with van der Waals surface area (Å²) >= 11 is 0. The third-order valence-corrected chi connectivity index (χ3v) is 4.18. The Bertz CT molecular complexity index is 694. The van der Waals surface area contributed by atoms with E-state index < -0.39 is 0 Å². The van der Waals surface area contributed by atoms with Gasteiger partial charge in [-0.25, -0.2) is 5.01 Å². The summed E-state index contributed by atoms with van der Waals surface area (Å²) in [6.45, 7) is 6.03. The van der Waals surface area contributed by atoms with E-state index in [1.165, 1.54) is 0 Å². The van der Waals surface area contributed by atoms with Crippen LogP contribution < -0.4 is 10.2 Å². The van der Waals surface area contributed by atoms with E-state index >= 15 is 0 Å². The molecule has 0 unspecified atom stereocenters. The number of carbonyl (C=O) groups is 1. The highest BCUT2D eigenvalue weighted by molar-refractivity contribution is 6.09. The minimum absolute atomic E-state index is 0.102. The van der Waals surface area contributed by atoms with Gasteiger partial charge in [0, 0.05) is 26.2 Å². The molecule has 1 N–H and O–H groups in total. The number of likely N-dealkylation sites (N-methyl/N-ethyl adjacent to an activating group) is 1. The van der Waals surface area contributed by atoms with Crippen LogP contribution in [0.5, 0.6) is 5.75 Å². The molecule has 0 saturated carbocycles. The smallest absolute Gasteiger partial charge is 0.269 e. The molecule has 1 amide bonds. The van der Waals surface area contributed by atoms with Gasteiger partial charge in [-0.1, -0.05) is 30.3 Å². The van der Waals surface area contributed by atoms with Crippen LogP contribution in [0.2, 0.25) is 0 Å². The van der Waals surface area contributed by atoms with Crippen molar-refractivity contribution in [1.82, 2.24) is 15.3 Å². The van der Waals surface area contributed by atoms with Crippen LogP contribution in [-0.4, -0.2) is 55.6 Å². The average Bonchev–Trinajstić information content (AvgIpc) is 2.57. The zero-order valence-corrected chi connectivity index (χ0v) is 13.7. The van der Waals surface area contributed by atoms with Gasteiger partial charge in [-0.3, -0.25) is 10.2 Å². The lowest BCUT2D eigenvalue weighted by atomic mass is 10.0. The molecular weight excluding hydrogens is 290 g/mol. The average molecular weight is 313 g/mol. The summed E-state index contributed by atoms with van der Waals surface area (Å²) in [5.41, 5.74) is 3.65. The topological polar surface area (TPSA) is 44.8 Å². The molecule has 5 heteroatoms. The van der Waals surface area contributed by atoms with Gasteiger partial charge in [0.15, 0.2) is 0 Å². The summed E-state index contributed by atoms with van der Waals surface area (Å²) in [6.07, 6.45) is 0. The molecular formula is C18H23N3O2. The lowest BCUT2D eigenvalue weighted by Gasteiger charge is -2.32. The normalized spacial score (nSPS) is 16.4. The molecule has 2 aromatic carbocycles. The van der Waals surface area contributed by atoms with Gasteiger partial charge in [0.1, 0.15) is 5.75 Å². The van der Waals surface area contributed by atoms with Gasteiger partial charge in [0.05, 0.1) is 12.2 Å². The second-order valence-corrected chi connectivity index (χ2v) is 5.82. The molecule has 0 aromatic heterocycles. The van der Waals surface area contributed by atoms with Crippen molar-refractivity contribution >= 4 is 16.7 Å². The van der Waals surface area contributed by atoms with Crippen molar-refractivity contribution < 1.29 is 9.53 Å². The number of hydrazine groups is 1. The number of amides is 1. The van der Waals surface area contributed by atoms with E-state index in [0.717, 1.165) is 37.0 Å². The zero-order chi connectivity index (χ0) is 16.2. The summed E-state index contributed by atoms with van der Waals surface area (Å²) in [5, 5.41) is 3.95. The highest BCUT2D eigenvalue weighted by Crippen LogP contribution is 2.28. The van der Waals surface area contributed by atoms with Crippen LogP contribution in [0.25, 0.3) is 10.8 Å². The van der Waals surface area contributed by atoms with Crippen molar-refractivity contribution in [2.45, 2.75) is 6.92 Å². The van der Waals surface area contributed by atoms with E-state index in [1.807, 2.05) is 48.3 Å². The summed E-state index contributed by atoms with van der Waals surface area (Å²) in [4.78, 5) is 15.1.